The van der Waals surface area contributed by atoms with E-state index in [1.54, 1.807) is 30.3 Å². The number of aromatic nitrogens is 4. The van der Waals surface area contributed by atoms with Crippen LogP contribution < -0.4 is 16.3 Å². The smallest absolute Gasteiger partial charge is 0.368 e. The zero-order chi connectivity index (χ0) is 19.6. The molecule has 3 rings (SSSR count). The van der Waals surface area contributed by atoms with Crippen LogP contribution in [0.4, 0.5) is 0 Å². The molecule has 0 radical (unpaired) electrons. The number of methoxy groups -OCH3 is 1. The maximum atomic E-state index is 12.4. The van der Waals surface area contributed by atoms with Crippen molar-refractivity contribution in [2.75, 3.05) is 7.11 Å². The molecule has 0 amide bonds. The molecule has 1 heterocycles. The van der Waals surface area contributed by atoms with Crippen LogP contribution in [0.15, 0.2) is 47.3 Å². The molecule has 2 aromatic carbocycles. The second-order valence-electron chi connectivity index (χ2n) is 5.73. The Balaban J connectivity index is 2.32. The van der Waals surface area contributed by atoms with Gasteiger partial charge in [0.05, 0.1) is 18.4 Å². The van der Waals surface area contributed by atoms with Gasteiger partial charge < -0.3 is 9.57 Å². The van der Waals surface area contributed by atoms with Gasteiger partial charge in [-0.2, -0.15) is 15.3 Å². The Morgan fingerprint density at radius 2 is 1.93 bits per heavy atom. The molecule has 0 saturated heterocycles. The summed E-state index contributed by atoms with van der Waals surface area (Å²) in [5.74, 6) is 6.41. The molecule has 3 aromatic rings. The number of benzene rings is 2. The molecular weight excluding hydrogens is 370 g/mol. The van der Waals surface area contributed by atoms with Gasteiger partial charge in [-0.25, -0.2) is 4.79 Å². The fourth-order valence-corrected chi connectivity index (χ4v) is 2.94. The van der Waals surface area contributed by atoms with Crippen molar-refractivity contribution in [1.29, 1.82) is 0 Å². The van der Waals surface area contributed by atoms with Crippen LogP contribution in [-0.2, 0) is 11.9 Å². The standard InChI is InChI=1S/C18H18ClN5O3/c1-11(12-6-4-7-13(19)10-12)17(27-20)16-14(8-5-9-15(16)26-3)24-18(25)23(2)21-22-24/h4-10H,20H2,1-3H3/b17-11+. The predicted molar refractivity (Wildman–Crippen MR) is 102 cm³/mol. The third-order valence-corrected chi connectivity index (χ3v) is 4.35. The molecule has 0 spiro atoms. The van der Waals surface area contributed by atoms with Crippen molar-refractivity contribution in [2.24, 2.45) is 12.9 Å². The maximum Gasteiger partial charge on any atom is 0.368 e. The van der Waals surface area contributed by atoms with Gasteiger partial charge in [0.1, 0.15) is 5.75 Å². The molecule has 0 aliphatic rings. The van der Waals surface area contributed by atoms with Gasteiger partial charge in [-0.05, 0) is 47.2 Å². The number of tetrazole rings is 1. The highest BCUT2D eigenvalue weighted by molar-refractivity contribution is 6.30. The molecular formula is C18H18ClN5O3. The van der Waals surface area contributed by atoms with Crippen molar-refractivity contribution in [3.05, 3.63) is 69.1 Å². The SMILES string of the molecule is COc1cccc(-n2nnn(C)c2=O)c1/C(ON)=C(/C)c1cccc(Cl)c1. The number of nitrogens with two attached hydrogens (primary N) is 1. The molecule has 0 unspecified atom stereocenters. The Hall–Kier alpha value is -3.10. The highest BCUT2D eigenvalue weighted by Gasteiger charge is 2.22. The summed E-state index contributed by atoms with van der Waals surface area (Å²) in [6.45, 7) is 1.84. The van der Waals surface area contributed by atoms with Crippen molar-refractivity contribution in [2.45, 2.75) is 6.92 Å². The van der Waals surface area contributed by atoms with Crippen LogP contribution >= 0.6 is 11.6 Å². The van der Waals surface area contributed by atoms with Crippen molar-refractivity contribution < 1.29 is 9.57 Å². The minimum absolute atomic E-state index is 0.322. The van der Waals surface area contributed by atoms with Crippen LogP contribution in [0.5, 0.6) is 5.75 Å². The number of hydrogen-bond donors (Lipinski definition) is 1. The van der Waals surface area contributed by atoms with Gasteiger partial charge in [0.25, 0.3) is 0 Å². The lowest BCUT2D eigenvalue weighted by molar-refractivity contribution is 0.289. The van der Waals surface area contributed by atoms with Gasteiger partial charge in [-0.3, -0.25) is 0 Å². The van der Waals surface area contributed by atoms with Crippen LogP contribution in [0.2, 0.25) is 5.02 Å². The Labute approximate surface area is 160 Å². The molecule has 8 nitrogen and oxygen atoms in total. The number of rotatable bonds is 5. The summed E-state index contributed by atoms with van der Waals surface area (Å²) in [5.41, 5.74) is 2.01. The molecule has 0 bridgehead atoms. The zero-order valence-corrected chi connectivity index (χ0v) is 15.8. The number of aryl methyl sites for hydroxylation is 1. The third-order valence-electron chi connectivity index (χ3n) is 4.12. The normalized spacial score (nSPS) is 11.9. The molecule has 0 saturated carbocycles. The lowest BCUT2D eigenvalue weighted by Crippen LogP contribution is -2.23. The molecule has 0 aliphatic heterocycles. The lowest BCUT2D eigenvalue weighted by Gasteiger charge is -2.17. The van der Waals surface area contributed by atoms with Crippen LogP contribution in [0.1, 0.15) is 18.1 Å². The highest BCUT2D eigenvalue weighted by atomic mass is 35.5. The molecule has 0 atom stereocenters. The molecule has 9 heteroatoms. The Bertz CT molecular complexity index is 1070. The summed E-state index contributed by atoms with van der Waals surface area (Å²) < 4.78 is 7.76. The number of allylic oxidation sites excluding steroid dienone is 1. The van der Waals surface area contributed by atoms with E-state index in [4.69, 9.17) is 27.1 Å². The zero-order valence-electron chi connectivity index (χ0n) is 15.0. The van der Waals surface area contributed by atoms with E-state index in [1.165, 1.54) is 14.2 Å². The van der Waals surface area contributed by atoms with Gasteiger partial charge in [-0.1, -0.05) is 29.8 Å². The first-order chi connectivity index (χ1) is 13.0. The second kappa shape index (κ2) is 7.65. The van der Waals surface area contributed by atoms with Crippen molar-refractivity contribution in [3.8, 4) is 11.4 Å². The van der Waals surface area contributed by atoms with E-state index in [9.17, 15) is 4.79 Å². The van der Waals surface area contributed by atoms with Crippen molar-refractivity contribution in [3.63, 3.8) is 0 Å². The third kappa shape index (κ3) is 3.44. The minimum Gasteiger partial charge on any atom is -0.496 e. The fraction of sp³-hybridized carbons (Fsp3) is 0.167. The van der Waals surface area contributed by atoms with Crippen LogP contribution in [-0.4, -0.2) is 26.9 Å². The van der Waals surface area contributed by atoms with E-state index in [1.807, 2.05) is 19.1 Å². The van der Waals surface area contributed by atoms with Gasteiger partial charge >= 0.3 is 5.69 Å². The van der Waals surface area contributed by atoms with Gasteiger partial charge in [-0.15, -0.1) is 0 Å². The molecule has 140 valence electrons. The van der Waals surface area contributed by atoms with E-state index >= 15 is 0 Å². The summed E-state index contributed by atoms with van der Waals surface area (Å²) in [4.78, 5) is 17.6. The first kappa shape index (κ1) is 18.7. The largest absolute Gasteiger partial charge is 0.496 e. The summed E-state index contributed by atoms with van der Waals surface area (Å²) in [5, 5.41) is 8.24. The first-order valence-corrected chi connectivity index (χ1v) is 8.36. The summed E-state index contributed by atoms with van der Waals surface area (Å²) in [7, 11) is 3.03. The second-order valence-corrected chi connectivity index (χ2v) is 6.17. The Kier molecular flexibility index (Phi) is 5.29. The van der Waals surface area contributed by atoms with Crippen LogP contribution in [0.3, 0.4) is 0 Å². The topological polar surface area (TPSA) is 97.2 Å². The maximum absolute atomic E-state index is 12.4. The number of hydrogen-bond acceptors (Lipinski definition) is 6. The number of halogens is 1. The summed E-state index contributed by atoms with van der Waals surface area (Å²) in [6.07, 6.45) is 0. The van der Waals surface area contributed by atoms with Gasteiger partial charge in [0, 0.05) is 17.6 Å². The van der Waals surface area contributed by atoms with E-state index in [0.29, 0.717) is 33.4 Å². The average Bonchev–Trinajstić information content (AvgIpc) is 3.01. The van der Waals surface area contributed by atoms with E-state index < -0.39 is 5.69 Å². The molecule has 2 N–H and O–H groups in total. The van der Waals surface area contributed by atoms with E-state index in [0.717, 1.165) is 14.9 Å². The highest BCUT2D eigenvalue weighted by Crippen LogP contribution is 2.36. The number of ether oxygens (including phenoxy) is 1. The average molecular weight is 388 g/mol. The van der Waals surface area contributed by atoms with Crippen molar-refractivity contribution in [1.82, 2.24) is 19.8 Å². The predicted octanol–water partition coefficient (Wildman–Crippen LogP) is 2.41. The van der Waals surface area contributed by atoms with E-state index in [-0.39, 0.29) is 0 Å². The monoisotopic (exact) mass is 387 g/mol. The fourth-order valence-electron chi connectivity index (χ4n) is 2.75. The van der Waals surface area contributed by atoms with E-state index in [2.05, 4.69) is 10.4 Å². The summed E-state index contributed by atoms with van der Waals surface area (Å²) in [6, 6.07) is 12.5. The first-order valence-electron chi connectivity index (χ1n) is 7.98. The van der Waals surface area contributed by atoms with Gasteiger partial charge in [0.15, 0.2) is 5.76 Å². The molecule has 27 heavy (non-hydrogen) atoms. The van der Waals surface area contributed by atoms with Crippen LogP contribution in [0, 0.1) is 0 Å². The number of nitrogens with zero attached hydrogens (tertiary/aromatic N) is 4. The quantitative estimate of drug-likeness (QED) is 0.410. The summed E-state index contributed by atoms with van der Waals surface area (Å²) >= 11 is 6.11. The Morgan fingerprint density at radius 1 is 1.19 bits per heavy atom. The minimum atomic E-state index is -0.415. The van der Waals surface area contributed by atoms with Crippen molar-refractivity contribution >= 4 is 22.9 Å². The van der Waals surface area contributed by atoms with Gasteiger partial charge in [0.2, 0.25) is 0 Å². The molecule has 1 aromatic heterocycles. The molecule has 0 fully saturated rings. The lowest BCUT2D eigenvalue weighted by atomic mass is 10.0. The van der Waals surface area contributed by atoms with Crippen LogP contribution in [0.25, 0.3) is 17.0 Å². The Morgan fingerprint density at radius 3 is 2.52 bits per heavy atom. The molecule has 0 aliphatic carbocycles.